The average molecular weight is 616 g/mol. The number of fused-ring (bicyclic) bond motifs is 1. The predicted molar refractivity (Wildman–Crippen MR) is 207 cm³/mol. The summed E-state index contributed by atoms with van der Waals surface area (Å²) in [5, 5.41) is 0. The molecule has 0 spiro atoms. The number of benzene rings is 3. The molecule has 0 saturated carbocycles. The lowest BCUT2D eigenvalue weighted by atomic mass is 9.81. The molecule has 0 amide bonds. The Morgan fingerprint density at radius 3 is 2.32 bits per heavy atom. The van der Waals surface area contributed by atoms with Gasteiger partial charge in [-0.25, -0.2) is 0 Å². The Balaban J connectivity index is 1.84. The molecule has 5 rings (SSSR count). The molecular weight excluding hydrogens is 567 g/mol. The molecule has 0 radical (unpaired) electrons. The van der Waals surface area contributed by atoms with Gasteiger partial charge < -0.3 is 4.90 Å². The summed E-state index contributed by atoms with van der Waals surface area (Å²) >= 11 is 0. The van der Waals surface area contributed by atoms with Crippen LogP contribution in [0.3, 0.4) is 0 Å². The van der Waals surface area contributed by atoms with Gasteiger partial charge in [0.2, 0.25) is 0 Å². The van der Waals surface area contributed by atoms with Gasteiger partial charge in [0.05, 0.1) is 0 Å². The molecule has 1 aliphatic heterocycles. The van der Waals surface area contributed by atoms with E-state index in [1.807, 2.05) is 13.0 Å². The fraction of sp³-hybridized carbons (Fsp3) is 0.261. The van der Waals surface area contributed by atoms with Gasteiger partial charge in [0.15, 0.2) is 0 Å². The van der Waals surface area contributed by atoms with Crippen molar-refractivity contribution in [2.24, 2.45) is 0 Å². The minimum atomic E-state index is 0.0272. The van der Waals surface area contributed by atoms with E-state index in [4.69, 9.17) is 6.42 Å². The van der Waals surface area contributed by atoms with Crippen molar-refractivity contribution in [1.29, 1.82) is 0 Å². The summed E-state index contributed by atoms with van der Waals surface area (Å²) in [6.45, 7) is 22.9. The number of hydrogen-bond acceptors (Lipinski definition) is 1. The summed E-state index contributed by atoms with van der Waals surface area (Å²) < 4.78 is 0. The van der Waals surface area contributed by atoms with Crippen LogP contribution in [0.4, 0.5) is 5.69 Å². The maximum atomic E-state index is 6.04. The Kier molecular flexibility index (Phi) is 9.93. The van der Waals surface area contributed by atoms with E-state index in [1.54, 1.807) is 0 Å². The predicted octanol–water partition coefficient (Wildman–Crippen LogP) is 12.2. The van der Waals surface area contributed by atoms with Crippen LogP contribution in [-0.2, 0) is 11.8 Å². The zero-order valence-corrected chi connectivity index (χ0v) is 29.6. The molecule has 47 heavy (non-hydrogen) atoms. The minimum Gasteiger partial charge on any atom is -0.341 e. The average Bonchev–Trinajstić information content (AvgIpc) is 3.02. The molecule has 2 bridgehead atoms. The molecule has 3 aromatic carbocycles. The highest BCUT2D eigenvalue weighted by molar-refractivity contribution is 5.83. The van der Waals surface area contributed by atoms with Gasteiger partial charge >= 0.3 is 0 Å². The number of hydrogen-bond donors (Lipinski definition) is 0. The van der Waals surface area contributed by atoms with E-state index >= 15 is 0 Å². The number of rotatable bonds is 4. The number of nitrogens with zero attached hydrogens (tertiary/aromatic N) is 1. The van der Waals surface area contributed by atoms with Gasteiger partial charge in [-0.15, -0.1) is 6.42 Å². The Hall–Kier alpha value is -4.80. The summed E-state index contributed by atoms with van der Waals surface area (Å²) in [5.41, 5.74) is 18.1. The summed E-state index contributed by atoms with van der Waals surface area (Å²) in [6.07, 6.45) is 23.5. The molecule has 2 aliphatic rings. The summed E-state index contributed by atoms with van der Waals surface area (Å²) in [7, 11) is 0. The Bertz CT molecular complexity index is 1930. The van der Waals surface area contributed by atoms with Gasteiger partial charge in [0, 0.05) is 17.9 Å². The van der Waals surface area contributed by atoms with E-state index in [9.17, 15) is 0 Å². The summed E-state index contributed by atoms with van der Waals surface area (Å²) in [6, 6.07) is 20.5. The molecular formula is C46H49N. The largest absolute Gasteiger partial charge is 0.341 e. The molecule has 1 aliphatic carbocycles. The molecule has 0 saturated heterocycles. The number of terminal acetylenes is 1. The first kappa shape index (κ1) is 33.6. The standard InChI is InChI=1S/C46H49N/c1-11-13-33(5)39-25-40(36-19-15-31(3)16-20-36)29-43(28-39)47-30-38(14-12-2)44-22-18-32(4)17-21-37-26-42(46(8,9)10)27-41(24-35(47)7)45(37)23-34(44)6/h2,11,13-16,18-20,22-29H,5,17,21,30H2,1,3-4,6-10H3/b13-11-,32-18+,34-23+,35-24+,38-14+,44-22+. The van der Waals surface area contributed by atoms with E-state index in [2.05, 4.69) is 157 Å². The van der Waals surface area contributed by atoms with Crippen LogP contribution in [0, 0.1) is 19.3 Å². The van der Waals surface area contributed by atoms with Crippen LogP contribution < -0.4 is 4.90 Å². The second-order valence-electron chi connectivity index (χ2n) is 14.2. The zero-order chi connectivity index (χ0) is 33.9. The van der Waals surface area contributed by atoms with Gasteiger partial charge in [0.1, 0.15) is 0 Å². The fourth-order valence-corrected chi connectivity index (χ4v) is 6.46. The third-order valence-corrected chi connectivity index (χ3v) is 9.35. The lowest BCUT2D eigenvalue weighted by Gasteiger charge is -2.31. The van der Waals surface area contributed by atoms with Crippen molar-refractivity contribution in [3.05, 3.63) is 153 Å². The topological polar surface area (TPSA) is 3.24 Å². The number of aryl methyl sites for hydroxylation is 2. The monoisotopic (exact) mass is 615 g/mol. The smallest absolute Gasteiger partial charge is 0.0490 e. The van der Waals surface area contributed by atoms with Crippen molar-refractivity contribution >= 4 is 23.4 Å². The van der Waals surface area contributed by atoms with Crippen molar-refractivity contribution in [2.75, 3.05) is 11.4 Å². The zero-order valence-electron chi connectivity index (χ0n) is 29.6. The van der Waals surface area contributed by atoms with Gasteiger partial charge in [-0.1, -0.05) is 111 Å². The highest BCUT2D eigenvalue weighted by Crippen LogP contribution is 2.38. The van der Waals surface area contributed by atoms with E-state index in [-0.39, 0.29) is 5.41 Å². The maximum absolute atomic E-state index is 6.04. The lowest BCUT2D eigenvalue weighted by molar-refractivity contribution is 0.589. The normalized spacial score (nSPS) is 20.7. The van der Waals surface area contributed by atoms with Gasteiger partial charge in [-0.3, -0.25) is 0 Å². The number of anilines is 1. The molecule has 238 valence electrons. The van der Waals surface area contributed by atoms with Crippen LogP contribution in [0.2, 0.25) is 0 Å². The van der Waals surface area contributed by atoms with Crippen LogP contribution in [0.25, 0.3) is 28.9 Å². The van der Waals surface area contributed by atoms with E-state index in [0.717, 1.165) is 46.5 Å². The van der Waals surface area contributed by atoms with Crippen molar-refractivity contribution in [1.82, 2.24) is 0 Å². The van der Waals surface area contributed by atoms with Crippen molar-refractivity contribution in [3.8, 4) is 23.5 Å². The van der Waals surface area contributed by atoms with Crippen molar-refractivity contribution in [2.45, 2.75) is 73.6 Å². The highest BCUT2D eigenvalue weighted by atomic mass is 15.1. The first-order valence-electron chi connectivity index (χ1n) is 16.8. The molecule has 0 atom stereocenters. The Morgan fingerprint density at radius 1 is 0.894 bits per heavy atom. The first-order valence-corrected chi connectivity index (χ1v) is 16.8. The molecule has 1 heteroatoms. The third-order valence-electron chi connectivity index (χ3n) is 9.35. The van der Waals surface area contributed by atoms with Crippen LogP contribution in [-0.4, -0.2) is 6.54 Å². The Morgan fingerprint density at radius 2 is 1.64 bits per heavy atom. The molecule has 1 nitrogen and oxygen atoms in total. The first-order chi connectivity index (χ1) is 22.4. The fourth-order valence-electron chi connectivity index (χ4n) is 6.46. The molecule has 1 heterocycles. The quantitative estimate of drug-likeness (QED) is 0.208. The van der Waals surface area contributed by atoms with Crippen molar-refractivity contribution < 1.29 is 0 Å². The number of allylic oxidation sites excluding steroid dienone is 9. The molecule has 0 N–H and O–H groups in total. The van der Waals surface area contributed by atoms with Crippen LogP contribution in [0.5, 0.6) is 0 Å². The third kappa shape index (κ3) is 7.61. The van der Waals surface area contributed by atoms with Gasteiger partial charge in [0.25, 0.3) is 0 Å². The Labute approximate surface area is 284 Å². The lowest BCUT2D eigenvalue weighted by Crippen LogP contribution is -2.25. The second kappa shape index (κ2) is 13.9. The maximum Gasteiger partial charge on any atom is 0.0490 e. The van der Waals surface area contributed by atoms with Crippen LogP contribution in [0.15, 0.2) is 120 Å². The van der Waals surface area contributed by atoms with E-state index in [1.165, 1.54) is 50.1 Å². The second-order valence-corrected chi connectivity index (χ2v) is 14.2. The SMILES string of the molecule is C#C\C=C1/CN(c2cc(C(=C)/C=C\C)cc(-c3ccc(C)cc3)c2)/C(C)=C/c2cc(C(C)(C)C)cc3c2/C=C(C)/C1=C\C=C(/C)CC3. The molecule has 0 fully saturated rings. The highest BCUT2D eigenvalue weighted by Gasteiger charge is 2.23. The molecule has 0 unspecified atom stereocenters. The van der Waals surface area contributed by atoms with E-state index < -0.39 is 0 Å². The van der Waals surface area contributed by atoms with Crippen molar-refractivity contribution in [3.63, 3.8) is 0 Å². The summed E-state index contributed by atoms with van der Waals surface area (Å²) in [4.78, 5) is 2.43. The van der Waals surface area contributed by atoms with Gasteiger partial charge in [-0.05, 0) is 144 Å². The molecule has 0 aromatic heterocycles. The van der Waals surface area contributed by atoms with Crippen LogP contribution in [0.1, 0.15) is 88.3 Å². The minimum absolute atomic E-state index is 0.0272. The molecule has 3 aromatic rings. The van der Waals surface area contributed by atoms with Crippen LogP contribution >= 0.6 is 0 Å². The summed E-state index contributed by atoms with van der Waals surface area (Å²) in [5.74, 6) is 2.88. The van der Waals surface area contributed by atoms with Gasteiger partial charge in [-0.2, -0.15) is 0 Å². The van der Waals surface area contributed by atoms with E-state index in [0.29, 0.717) is 6.54 Å².